The molecular weight excluding hydrogens is 264 g/mol. The highest BCUT2D eigenvalue weighted by molar-refractivity contribution is 7.09. The second kappa shape index (κ2) is 6.79. The molecule has 0 atom stereocenters. The van der Waals surface area contributed by atoms with Gasteiger partial charge in [0.15, 0.2) is 0 Å². The summed E-state index contributed by atoms with van der Waals surface area (Å²) in [4.78, 5) is 12.1. The molecule has 1 amide bonds. The van der Waals surface area contributed by atoms with E-state index in [0.29, 0.717) is 23.1 Å². The molecule has 6 nitrogen and oxygen atoms in total. The summed E-state index contributed by atoms with van der Waals surface area (Å²) >= 11 is 1.03. The van der Waals surface area contributed by atoms with Gasteiger partial charge in [-0.2, -0.15) is 0 Å². The predicted molar refractivity (Wildman–Crippen MR) is 72.5 cm³/mol. The van der Waals surface area contributed by atoms with Gasteiger partial charge in [0.05, 0.1) is 12.2 Å². The fraction of sp³-hybridized carbons (Fsp3) is 0.333. The van der Waals surface area contributed by atoms with Crippen molar-refractivity contribution in [3.05, 3.63) is 29.8 Å². The number of hydrogen-bond acceptors (Lipinski definition) is 6. The van der Waals surface area contributed by atoms with Crippen LogP contribution in [0, 0.1) is 0 Å². The van der Waals surface area contributed by atoms with E-state index < -0.39 is 0 Å². The van der Waals surface area contributed by atoms with Crippen molar-refractivity contribution in [2.24, 2.45) is 0 Å². The van der Waals surface area contributed by atoms with Gasteiger partial charge in [-0.25, -0.2) is 0 Å². The van der Waals surface area contributed by atoms with E-state index in [2.05, 4.69) is 27.0 Å². The lowest BCUT2D eigenvalue weighted by Gasteiger charge is -2.10. The van der Waals surface area contributed by atoms with Crippen molar-refractivity contribution >= 4 is 22.6 Å². The van der Waals surface area contributed by atoms with Gasteiger partial charge in [0.1, 0.15) is 5.75 Å². The van der Waals surface area contributed by atoms with E-state index in [1.165, 1.54) is 0 Å². The molecule has 1 aromatic heterocycles. The third kappa shape index (κ3) is 3.72. The lowest BCUT2D eigenvalue weighted by molar-refractivity contribution is 0.102. The minimum absolute atomic E-state index is 0.273. The number of hydrogen-bond donors (Lipinski definition) is 1. The number of amides is 1. The molecule has 2 aromatic rings. The van der Waals surface area contributed by atoms with Gasteiger partial charge in [-0.15, -0.1) is 0 Å². The topological polar surface area (TPSA) is 77.0 Å². The summed E-state index contributed by atoms with van der Waals surface area (Å²) in [6, 6.07) is 7.12. The Hall–Kier alpha value is -2.02. The Balaban J connectivity index is 2.07. The van der Waals surface area contributed by atoms with Crippen LogP contribution in [0.5, 0.6) is 5.75 Å². The maximum Gasteiger partial charge on any atom is 0.261 e. The smallest absolute Gasteiger partial charge is 0.261 e. The summed E-state index contributed by atoms with van der Waals surface area (Å²) in [6.45, 7) is 2.69. The number of carbonyl (C=O) groups is 1. The van der Waals surface area contributed by atoms with Crippen LogP contribution in [0.1, 0.15) is 30.1 Å². The maximum atomic E-state index is 12.1. The summed E-state index contributed by atoms with van der Waals surface area (Å²) in [5.41, 5.74) is 0.480. The number of benzene rings is 1. The normalized spacial score (nSPS) is 10.2. The summed E-state index contributed by atoms with van der Waals surface area (Å²) in [6.07, 6.45) is 2.00. The number of ether oxygens (including phenoxy) is 1. The summed E-state index contributed by atoms with van der Waals surface area (Å²) in [7, 11) is 0. The van der Waals surface area contributed by atoms with Crippen LogP contribution in [0.15, 0.2) is 24.3 Å². The fourth-order valence-electron chi connectivity index (χ4n) is 1.45. The SMILES string of the molecule is CCCCOc1ccccc1C(=O)Nc1nnns1. The van der Waals surface area contributed by atoms with Crippen molar-refractivity contribution in [2.75, 3.05) is 11.9 Å². The highest BCUT2D eigenvalue weighted by atomic mass is 32.1. The van der Waals surface area contributed by atoms with E-state index in [9.17, 15) is 4.79 Å². The lowest BCUT2D eigenvalue weighted by atomic mass is 10.2. The van der Waals surface area contributed by atoms with Crippen LogP contribution in [0.2, 0.25) is 0 Å². The van der Waals surface area contributed by atoms with E-state index >= 15 is 0 Å². The number of nitrogens with one attached hydrogen (secondary N) is 1. The molecule has 1 N–H and O–H groups in total. The van der Waals surface area contributed by atoms with Crippen molar-refractivity contribution < 1.29 is 9.53 Å². The number of rotatable bonds is 6. The zero-order valence-electron chi connectivity index (χ0n) is 10.5. The average molecular weight is 278 g/mol. The molecule has 0 aliphatic rings. The molecule has 2 rings (SSSR count). The van der Waals surface area contributed by atoms with Crippen molar-refractivity contribution in [2.45, 2.75) is 19.8 Å². The number of aromatic nitrogens is 3. The number of nitrogens with zero attached hydrogens (tertiary/aromatic N) is 3. The van der Waals surface area contributed by atoms with Gasteiger partial charge in [-0.05, 0) is 23.8 Å². The molecule has 0 fully saturated rings. The molecular formula is C12H14N4O2S. The molecule has 7 heteroatoms. The number of anilines is 1. The van der Waals surface area contributed by atoms with E-state index in [1.807, 2.05) is 6.07 Å². The molecule has 1 aromatic carbocycles. The lowest BCUT2D eigenvalue weighted by Crippen LogP contribution is -2.13. The third-order valence-electron chi connectivity index (χ3n) is 2.41. The largest absolute Gasteiger partial charge is 0.493 e. The van der Waals surface area contributed by atoms with Gasteiger partial charge < -0.3 is 4.74 Å². The number of para-hydroxylation sites is 1. The Morgan fingerprint density at radius 3 is 3.00 bits per heavy atom. The molecule has 0 radical (unpaired) electrons. The van der Waals surface area contributed by atoms with Crippen LogP contribution >= 0.6 is 11.5 Å². The standard InChI is InChI=1S/C12H14N4O2S/c1-2-3-8-18-10-7-5-4-6-9(10)11(17)13-12-14-15-16-19-12/h4-7H,2-3,8H2,1H3,(H,13,14,16,17). The molecule has 100 valence electrons. The zero-order chi connectivity index (χ0) is 13.5. The van der Waals surface area contributed by atoms with Crippen molar-refractivity contribution in [1.82, 2.24) is 14.8 Å². The van der Waals surface area contributed by atoms with Crippen LogP contribution in [0.25, 0.3) is 0 Å². The minimum atomic E-state index is -0.273. The minimum Gasteiger partial charge on any atom is -0.493 e. The van der Waals surface area contributed by atoms with Gasteiger partial charge in [-0.1, -0.05) is 35.1 Å². The fourth-order valence-corrected chi connectivity index (χ4v) is 1.81. The first-order chi connectivity index (χ1) is 9.31. The average Bonchev–Trinajstić information content (AvgIpc) is 2.92. The summed E-state index contributed by atoms with van der Waals surface area (Å²) in [5, 5.41) is 10.1. The highest BCUT2D eigenvalue weighted by Gasteiger charge is 2.13. The van der Waals surface area contributed by atoms with Crippen LogP contribution in [-0.2, 0) is 0 Å². The Bertz CT molecular complexity index is 530. The predicted octanol–water partition coefficient (Wildman–Crippen LogP) is 2.36. The third-order valence-corrected chi connectivity index (χ3v) is 2.92. The molecule has 0 saturated heterocycles. The van der Waals surface area contributed by atoms with Crippen LogP contribution in [0.3, 0.4) is 0 Å². The van der Waals surface area contributed by atoms with Crippen LogP contribution in [0.4, 0.5) is 5.13 Å². The second-order valence-corrected chi connectivity index (χ2v) is 4.55. The van der Waals surface area contributed by atoms with Gasteiger partial charge in [0.25, 0.3) is 5.91 Å². The summed E-state index contributed by atoms with van der Waals surface area (Å²) in [5.74, 6) is 0.302. The van der Waals surface area contributed by atoms with Crippen molar-refractivity contribution in [3.63, 3.8) is 0 Å². The quantitative estimate of drug-likeness (QED) is 0.821. The van der Waals surface area contributed by atoms with Gasteiger partial charge >= 0.3 is 0 Å². The van der Waals surface area contributed by atoms with Crippen molar-refractivity contribution in [1.29, 1.82) is 0 Å². The molecule has 0 saturated carbocycles. The van der Waals surface area contributed by atoms with Crippen LogP contribution < -0.4 is 10.1 Å². The number of carbonyl (C=O) groups excluding carboxylic acids is 1. The first-order valence-electron chi connectivity index (χ1n) is 5.99. The molecule has 0 unspecified atom stereocenters. The first-order valence-corrected chi connectivity index (χ1v) is 6.77. The van der Waals surface area contributed by atoms with Crippen LogP contribution in [-0.4, -0.2) is 27.3 Å². The molecule has 0 aliphatic heterocycles. The van der Waals surface area contributed by atoms with Gasteiger partial charge in [-0.3, -0.25) is 10.1 Å². The van der Waals surface area contributed by atoms with Gasteiger partial charge in [0, 0.05) is 11.5 Å². The Morgan fingerprint density at radius 2 is 2.26 bits per heavy atom. The number of unbranched alkanes of at least 4 members (excludes halogenated alkanes) is 1. The highest BCUT2D eigenvalue weighted by Crippen LogP contribution is 2.20. The molecule has 0 aliphatic carbocycles. The van der Waals surface area contributed by atoms with Gasteiger partial charge in [0.2, 0.25) is 5.13 Å². The van der Waals surface area contributed by atoms with E-state index in [4.69, 9.17) is 4.74 Å². The molecule has 1 heterocycles. The van der Waals surface area contributed by atoms with E-state index in [1.54, 1.807) is 18.2 Å². The maximum absolute atomic E-state index is 12.1. The zero-order valence-corrected chi connectivity index (χ0v) is 11.3. The van der Waals surface area contributed by atoms with Crippen molar-refractivity contribution in [3.8, 4) is 5.75 Å². The molecule has 0 spiro atoms. The van der Waals surface area contributed by atoms with E-state index in [-0.39, 0.29) is 5.91 Å². The second-order valence-electron chi connectivity index (χ2n) is 3.82. The van der Waals surface area contributed by atoms with E-state index in [0.717, 1.165) is 24.4 Å². The molecule has 19 heavy (non-hydrogen) atoms. The Labute approximate surface area is 115 Å². The monoisotopic (exact) mass is 278 g/mol. The molecule has 0 bridgehead atoms. The first kappa shape index (κ1) is 13.4. The Morgan fingerprint density at radius 1 is 1.42 bits per heavy atom. The summed E-state index contributed by atoms with van der Waals surface area (Å²) < 4.78 is 9.20. The Kier molecular flexibility index (Phi) is 4.79.